The summed E-state index contributed by atoms with van der Waals surface area (Å²) < 4.78 is 15.5. The van der Waals surface area contributed by atoms with Crippen LogP contribution < -0.4 is 5.32 Å². The first-order valence-corrected chi connectivity index (χ1v) is 7.81. The van der Waals surface area contributed by atoms with Gasteiger partial charge in [-0.15, -0.1) is 0 Å². The number of rotatable bonds is 6. The van der Waals surface area contributed by atoms with E-state index in [0.29, 0.717) is 16.3 Å². The Labute approximate surface area is 148 Å². The van der Waals surface area contributed by atoms with Crippen LogP contribution in [-0.2, 0) is 16.1 Å². The van der Waals surface area contributed by atoms with Gasteiger partial charge in [-0.1, -0.05) is 23.7 Å². The minimum Gasteiger partial charge on any atom is -0.467 e. The highest BCUT2D eigenvalue weighted by atomic mass is 35.5. The minimum absolute atomic E-state index is 0.0119. The fourth-order valence-corrected chi connectivity index (χ4v) is 2.28. The molecule has 0 saturated heterocycles. The van der Waals surface area contributed by atoms with Crippen molar-refractivity contribution in [1.82, 2.24) is 5.32 Å². The SMILES string of the molecule is O=C(O[C@@H](C(=O)NCc1ccco1)c1ccc(Cl)cc1)c1ccco1. The van der Waals surface area contributed by atoms with Crippen LogP contribution in [0.15, 0.2) is 69.9 Å². The molecule has 0 aliphatic rings. The van der Waals surface area contributed by atoms with E-state index in [1.54, 1.807) is 42.5 Å². The molecule has 1 N–H and O–H groups in total. The maximum absolute atomic E-state index is 12.5. The average Bonchev–Trinajstić information content (AvgIpc) is 3.31. The van der Waals surface area contributed by atoms with Gasteiger partial charge in [0, 0.05) is 10.6 Å². The molecule has 0 aliphatic carbocycles. The van der Waals surface area contributed by atoms with Crippen molar-refractivity contribution in [2.24, 2.45) is 0 Å². The van der Waals surface area contributed by atoms with E-state index in [1.807, 2.05) is 0 Å². The van der Waals surface area contributed by atoms with Gasteiger partial charge in [-0.3, -0.25) is 4.79 Å². The van der Waals surface area contributed by atoms with Gasteiger partial charge in [-0.25, -0.2) is 4.79 Å². The van der Waals surface area contributed by atoms with Crippen LogP contribution in [0.3, 0.4) is 0 Å². The van der Waals surface area contributed by atoms with E-state index in [9.17, 15) is 9.59 Å². The number of esters is 1. The number of furan rings is 2. The number of carbonyl (C=O) groups is 2. The fraction of sp³-hybridized carbons (Fsp3) is 0.111. The zero-order chi connectivity index (χ0) is 17.6. The Balaban J connectivity index is 1.76. The van der Waals surface area contributed by atoms with E-state index in [2.05, 4.69) is 5.32 Å². The Hall–Kier alpha value is -2.99. The van der Waals surface area contributed by atoms with Gasteiger partial charge in [0.15, 0.2) is 0 Å². The highest BCUT2D eigenvalue weighted by Crippen LogP contribution is 2.22. The fourth-order valence-electron chi connectivity index (χ4n) is 2.15. The molecular weight excluding hydrogens is 346 g/mol. The highest BCUT2D eigenvalue weighted by molar-refractivity contribution is 6.30. The molecule has 1 atom stereocenters. The van der Waals surface area contributed by atoms with E-state index in [1.165, 1.54) is 18.6 Å². The number of amides is 1. The van der Waals surface area contributed by atoms with E-state index < -0.39 is 18.0 Å². The number of hydrogen-bond donors (Lipinski definition) is 1. The van der Waals surface area contributed by atoms with Gasteiger partial charge < -0.3 is 18.9 Å². The molecule has 1 aromatic carbocycles. The number of carbonyl (C=O) groups excluding carboxylic acids is 2. The first-order valence-electron chi connectivity index (χ1n) is 7.43. The lowest BCUT2D eigenvalue weighted by atomic mass is 10.1. The average molecular weight is 360 g/mol. The quantitative estimate of drug-likeness (QED) is 0.678. The number of nitrogens with one attached hydrogen (secondary N) is 1. The van der Waals surface area contributed by atoms with Crippen LogP contribution in [0.4, 0.5) is 0 Å². The Morgan fingerprint density at radius 2 is 1.76 bits per heavy atom. The first-order chi connectivity index (χ1) is 12.1. The summed E-state index contributed by atoms with van der Waals surface area (Å²) in [5.74, 6) is -0.630. The predicted octanol–water partition coefficient (Wildman–Crippen LogP) is 3.74. The van der Waals surface area contributed by atoms with Crippen molar-refractivity contribution in [1.29, 1.82) is 0 Å². The Morgan fingerprint density at radius 3 is 2.40 bits per heavy atom. The van der Waals surface area contributed by atoms with Crippen LogP contribution in [-0.4, -0.2) is 11.9 Å². The number of halogens is 1. The normalized spacial score (nSPS) is 11.7. The third-order valence-electron chi connectivity index (χ3n) is 3.38. The molecule has 2 aromatic heterocycles. The zero-order valence-corrected chi connectivity index (χ0v) is 13.7. The number of hydrogen-bond acceptors (Lipinski definition) is 5. The van der Waals surface area contributed by atoms with Gasteiger partial charge in [0.1, 0.15) is 5.76 Å². The topological polar surface area (TPSA) is 81.7 Å². The highest BCUT2D eigenvalue weighted by Gasteiger charge is 2.26. The van der Waals surface area contributed by atoms with Crippen molar-refractivity contribution in [3.8, 4) is 0 Å². The molecule has 128 valence electrons. The Kier molecular flexibility index (Phi) is 5.20. The van der Waals surface area contributed by atoms with E-state index in [0.717, 1.165) is 0 Å². The molecule has 0 radical (unpaired) electrons. The minimum atomic E-state index is -1.15. The Bertz CT molecular complexity index is 825. The summed E-state index contributed by atoms with van der Waals surface area (Å²) in [7, 11) is 0. The van der Waals surface area contributed by atoms with Crippen molar-refractivity contribution < 1.29 is 23.2 Å². The lowest BCUT2D eigenvalue weighted by Gasteiger charge is -2.17. The summed E-state index contributed by atoms with van der Waals surface area (Å²) >= 11 is 5.88. The van der Waals surface area contributed by atoms with Gasteiger partial charge in [-0.2, -0.15) is 0 Å². The molecule has 0 spiro atoms. The molecule has 25 heavy (non-hydrogen) atoms. The summed E-state index contributed by atoms with van der Waals surface area (Å²) in [6.45, 7) is 0.175. The van der Waals surface area contributed by atoms with E-state index in [-0.39, 0.29) is 12.3 Å². The van der Waals surface area contributed by atoms with Crippen LogP contribution in [0.1, 0.15) is 28.0 Å². The Morgan fingerprint density at radius 1 is 1.04 bits per heavy atom. The second kappa shape index (κ2) is 7.72. The van der Waals surface area contributed by atoms with Crippen LogP contribution in [0, 0.1) is 0 Å². The largest absolute Gasteiger partial charge is 0.467 e. The molecule has 3 aromatic rings. The van der Waals surface area contributed by atoms with Crippen molar-refractivity contribution in [2.45, 2.75) is 12.6 Å². The smallest absolute Gasteiger partial charge is 0.375 e. The maximum Gasteiger partial charge on any atom is 0.375 e. The predicted molar refractivity (Wildman–Crippen MR) is 88.9 cm³/mol. The van der Waals surface area contributed by atoms with E-state index >= 15 is 0 Å². The molecule has 3 rings (SSSR count). The van der Waals surface area contributed by atoms with Crippen molar-refractivity contribution >= 4 is 23.5 Å². The van der Waals surface area contributed by atoms with Gasteiger partial charge in [0.05, 0.1) is 19.1 Å². The summed E-state index contributed by atoms with van der Waals surface area (Å²) in [4.78, 5) is 24.7. The van der Waals surface area contributed by atoms with E-state index in [4.69, 9.17) is 25.2 Å². The van der Waals surface area contributed by atoms with Crippen LogP contribution >= 0.6 is 11.6 Å². The van der Waals surface area contributed by atoms with Crippen molar-refractivity contribution in [3.05, 3.63) is 83.2 Å². The second-order valence-corrected chi connectivity index (χ2v) is 5.55. The summed E-state index contributed by atoms with van der Waals surface area (Å²) in [5, 5.41) is 3.19. The summed E-state index contributed by atoms with van der Waals surface area (Å²) in [6.07, 6.45) is 1.71. The summed E-state index contributed by atoms with van der Waals surface area (Å²) in [5.41, 5.74) is 0.487. The number of benzene rings is 1. The van der Waals surface area contributed by atoms with Crippen LogP contribution in [0.2, 0.25) is 5.02 Å². The maximum atomic E-state index is 12.5. The first kappa shape index (κ1) is 16.9. The lowest BCUT2D eigenvalue weighted by molar-refractivity contribution is -0.130. The number of ether oxygens (including phenoxy) is 1. The van der Waals surface area contributed by atoms with Gasteiger partial charge in [0.2, 0.25) is 11.9 Å². The summed E-state index contributed by atoms with van der Waals surface area (Å²) in [6, 6.07) is 12.9. The molecule has 0 unspecified atom stereocenters. The molecule has 0 aliphatic heterocycles. The second-order valence-electron chi connectivity index (χ2n) is 5.11. The molecule has 6 nitrogen and oxygen atoms in total. The van der Waals surface area contributed by atoms with Gasteiger partial charge in [0.25, 0.3) is 5.91 Å². The van der Waals surface area contributed by atoms with Crippen molar-refractivity contribution in [3.63, 3.8) is 0 Å². The molecule has 2 heterocycles. The molecule has 0 bridgehead atoms. The zero-order valence-electron chi connectivity index (χ0n) is 13.0. The monoisotopic (exact) mass is 359 g/mol. The third-order valence-corrected chi connectivity index (χ3v) is 3.63. The van der Waals surface area contributed by atoms with Crippen LogP contribution in [0.25, 0.3) is 0 Å². The van der Waals surface area contributed by atoms with Crippen LogP contribution in [0.5, 0.6) is 0 Å². The standard InChI is InChI=1S/C18H14ClNO5/c19-13-7-5-12(6-8-13)16(25-18(22)15-4-2-10-24-15)17(21)20-11-14-3-1-9-23-14/h1-10,16H,11H2,(H,20,21)/t16-/m1/s1. The third kappa shape index (κ3) is 4.30. The van der Waals surface area contributed by atoms with Crippen molar-refractivity contribution in [2.75, 3.05) is 0 Å². The van der Waals surface area contributed by atoms with Gasteiger partial charge in [-0.05, 0) is 36.4 Å². The van der Waals surface area contributed by atoms with Gasteiger partial charge >= 0.3 is 5.97 Å². The molecule has 7 heteroatoms. The molecular formula is C18H14ClNO5. The molecule has 0 saturated carbocycles. The molecule has 1 amide bonds. The lowest BCUT2D eigenvalue weighted by Crippen LogP contribution is -2.31. The molecule has 0 fully saturated rings.